The molecule has 0 fully saturated rings. The fourth-order valence-corrected chi connectivity index (χ4v) is 2.86. The van der Waals surface area contributed by atoms with E-state index in [9.17, 15) is 0 Å². The van der Waals surface area contributed by atoms with Gasteiger partial charge in [0, 0.05) is 25.1 Å². The predicted molar refractivity (Wildman–Crippen MR) is 130 cm³/mol. The average Bonchev–Trinajstić information content (AvgIpc) is 3.29. The Labute approximate surface area is 194 Å². The standard InChI is InChI=1S/C23H27N3O3.HI/c1-27-20-11-9-18(10-12-20)16-25-23(24-14-13-21-7-5-15-29-21)26-17-19-6-3-4-8-22(19)28-2;/h3-12,15H,13-14,16-17H2,1-2H3,(H2,24,25,26);1H. The van der Waals surface area contributed by atoms with E-state index < -0.39 is 0 Å². The van der Waals surface area contributed by atoms with Gasteiger partial charge in [0.2, 0.25) is 0 Å². The van der Waals surface area contributed by atoms with E-state index in [0.717, 1.165) is 40.8 Å². The molecule has 3 aromatic rings. The molecule has 0 spiro atoms. The minimum absolute atomic E-state index is 0. The summed E-state index contributed by atoms with van der Waals surface area (Å²) in [6, 6.07) is 19.7. The highest BCUT2D eigenvalue weighted by molar-refractivity contribution is 14.0. The lowest BCUT2D eigenvalue weighted by Gasteiger charge is -2.14. The Bertz CT molecular complexity index is 896. The second-order valence-corrected chi connectivity index (χ2v) is 6.43. The van der Waals surface area contributed by atoms with Crippen LogP contribution in [0.2, 0.25) is 0 Å². The van der Waals surface area contributed by atoms with Crippen LogP contribution in [0.1, 0.15) is 16.9 Å². The molecule has 0 aliphatic heterocycles. The van der Waals surface area contributed by atoms with Gasteiger partial charge in [-0.3, -0.25) is 0 Å². The second-order valence-electron chi connectivity index (χ2n) is 6.43. The molecule has 6 nitrogen and oxygen atoms in total. The van der Waals surface area contributed by atoms with Crippen LogP contribution in [0.3, 0.4) is 0 Å². The van der Waals surface area contributed by atoms with Gasteiger partial charge in [-0.1, -0.05) is 30.3 Å². The van der Waals surface area contributed by atoms with Crippen molar-refractivity contribution >= 4 is 29.9 Å². The summed E-state index contributed by atoms with van der Waals surface area (Å²) in [5.41, 5.74) is 2.18. The Balaban J connectivity index is 0.00000320. The van der Waals surface area contributed by atoms with E-state index in [-0.39, 0.29) is 24.0 Å². The monoisotopic (exact) mass is 521 g/mol. The lowest BCUT2D eigenvalue weighted by atomic mass is 10.2. The number of furan rings is 1. The molecule has 0 atom stereocenters. The first-order valence-corrected chi connectivity index (χ1v) is 9.58. The molecule has 0 unspecified atom stereocenters. The van der Waals surface area contributed by atoms with Gasteiger partial charge in [-0.2, -0.15) is 0 Å². The van der Waals surface area contributed by atoms with Crippen LogP contribution < -0.4 is 20.1 Å². The molecule has 3 rings (SSSR count). The molecule has 1 heterocycles. The number of hydrogen-bond acceptors (Lipinski definition) is 4. The van der Waals surface area contributed by atoms with Crippen molar-refractivity contribution in [3.05, 3.63) is 83.8 Å². The summed E-state index contributed by atoms with van der Waals surface area (Å²) in [5, 5.41) is 6.76. The minimum atomic E-state index is 0. The highest BCUT2D eigenvalue weighted by Crippen LogP contribution is 2.16. The van der Waals surface area contributed by atoms with Crippen molar-refractivity contribution in [1.29, 1.82) is 0 Å². The molecule has 0 bridgehead atoms. The number of methoxy groups -OCH3 is 2. The van der Waals surface area contributed by atoms with Crippen LogP contribution in [0.4, 0.5) is 0 Å². The van der Waals surface area contributed by atoms with Gasteiger partial charge in [-0.05, 0) is 35.9 Å². The third-order valence-corrected chi connectivity index (χ3v) is 4.46. The number of ether oxygens (including phenoxy) is 2. The number of hydrogen-bond donors (Lipinski definition) is 2. The van der Waals surface area contributed by atoms with Gasteiger partial charge in [0.25, 0.3) is 0 Å². The number of nitrogens with one attached hydrogen (secondary N) is 2. The topological polar surface area (TPSA) is 68.0 Å². The highest BCUT2D eigenvalue weighted by Gasteiger charge is 2.05. The molecular formula is C23H28IN3O3. The summed E-state index contributed by atoms with van der Waals surface area (Å²) in [6.45, 7) is 1.89. The zero-order chi connectivity index (χ0) is 20.3. The van der Waals surface area contributed by atoms with Crippen LogP contribution in [0.5, 0.6) is 11.5 Å². The van der Waals surface area contributed by atoms with Gasteiger partial charge < -0.3 is 24.5 Å². The van der Waals surface area contributed by atoms with Crippen LogP contribution in [-0.4, -0.2) is 26.7 Å². The summed E-state index contributed by atoms with van der Waals surface area (Å²) in [6.07, 6.45) is 2.47. The summed E-state index contributed by atoms with van der Waals surface area (Å²) in [7, 11) is 3.34. The van der Waals surface area contributed by atoms with Gasteiger partial charge in [0.1, 0.15) is 17.3 Å². The van der Waals surface area contributed by atoms with Crippen LogP contribution in [0, 0.1) is 0 Å². The zero-order valence-corrected chi connectivity index (χ0v) is 19.6. The van der Waals surface area contributed by atoms with Crippen LogP contribution in [0.25, 0.3) is 0 Å². The van der Waals surface area contributed by atoms with E-state index in [2.05, 4.69) is 10.6 Å². The second kappa shape index (κ2) is 12.8. The lowest BCUT2D eigenvalue weighted by Crippen LogP contribution is -2.38. The Morgan fingerprint density at radius 2 is 1.73 bits per heavy atom. The molecule has 0 aliphatic rings. The molecule has 7 heteroatoms. The Morgan fingerprint density at radius 3 is 2.43 bits per heavy atom. The van der Waals surface area contributed by atoms with E-state index in [0.29, 0.717) is 19.6 Å². The highest BCUT2D eigenvalue weighted by atomic mass is 127. The van der Waals surface area contributed by atoms with Crippen molar-refractivity contribution in [3.63, 3.8) is 0 Å². The number of halogens is 1. The Morgan fingerprint density at radius 1 is 0.933 bits per heavy atom. The van der Waals surface area contributed by atoms with E-state index in [1.807, 2.05) is 60.7 Å². The van der Waals surface area contributed by atoms with E-state index in [1.54, 1.807) is 20.5 Å². The zero-order valence-electron chi connectivity index (χ0n) is 17.3. The van der Waals surface area contributed by atoms with Crippen LogP contribution >= 0.6 is 24.0 Å². The van der Waals surface area contributed by atoms with Crippen molar-refractivity contribution in [2.24, 2.45) is 4.99 Å². The summed E-state index contributed by atoms with van der Waals surface area (Å²) in [5.74, 6) is 3.36. The molecule has 0 radical (unpaired) electrons. The maximum absolute atomic E-state index is 5.43. The summed E-state index contributed by atoms with van der Waals surface area (Å²) >= 11 is 0. The van der Waals surface area contributed by atoms with E-state index >= 15 is 0 Å². The molecule has 1 aromatic heterocycles. The minimum Gasteiger partial charge on any atom is -0.497 e. The maximum atomic E-state index is 5.43. The molecule has 0 amide bonds. The Kier molecular flexibility index (Phi) is 10.1. The maximum Gasteiger partial charge on any atom is 0.191 e. The number of rotatable bonds is 9. The third kappa shape index (κ3) is 7.29. The first kappa shape index (κ1) is 23.6. The van der Waals surface area contributed by atoms with E-state index in [4.69, 9.17) is 18.9 Å². The molecular weight excluding hydrogens is 493 g/mol. The molecule has 0 aliphatic carbocycles. The van der Waals surface area contributed by atoms with Gasteiger partial charge in [0.15, 0.2) is 5.96 Å². The lowest BCUT2D eigenvalue weighted by molar-refractivity contribution is 0.409. The SMILES string of the molecule is COc1ccc(CN=C(NCCc2ccco2)NCc2ccccc2OC)cc1.I. The van der Waals surface area contributed by atoms with Crippen LogP contribution in [-0.2, 0) is 19.5 Å². The number of nitrogens with zero attached hydrogens (tertiary/aromatic N) is 1. The van der Waals surface area contributed by atoms with Crippen molar-refractivity contribution < 1.29 is 13.9 Å². The quantitative estimate of drug-likeness (QED) is 0.249. The fourth-order valence-electron chi connectivity index (χ4n) is 2.86. The number of guanidine groups is 1. The van der Waals surface area contributed by atoms with Crippen molar-refractivity contribution in [3.8, 4) is 11.5 Å². The number of aliphatic imine (C=N–C) groups is 1. The van der Waals surface area contributed by atoms with Crippen molar-refractivity contribution in [1.82, 2.24) is 10.6 Å². The largest absolute Gasteiger partial charge is 0.497 e. The Hall–Kier alpha value is -2.68. The molecule has 2 aromatic carbocycles. The molecule has 2 N–H and O–H groups in total. The van der Waals surface area contributed by atoms with Gasteiger partial charge >= 0.3 is 0 Å². The number of para-hydroxylation sites is 1. The molecule has 160 valence electrons. The first-order valence-electron chi connectivity index (χ1n) is 9.58. The molecule has 0 saturated heterocycles. The number of benzene rings is 2. The summed E-state index contributed by atoms with van der Waals surface area (Å²) < 4.78 is 16.0. The fraction of sp³-hybridized carbons (Fsp3) is 0.261. The van der Waals surface area contributed by atoms with Gasteiger partial charge in [-0.25, -0.2) is 4.99 Å². The molecule has 30 heavy (non-hydrogen) atoms. The average molecular weight is 521 g/mol. The van der Waals surface area contributed by atoms with Crippen LogP contribution in [0.15, 0.2) is 76.3 Å². The summed E-state index contributed by atoms with van der Waals surface area (Å²) in [4.78, 5) is 4.72. The van der Waals surface area contributed by atoms with Gasteiger partial charge in [-0.15, -0.1) is 24.0 Å². The smallest absolute Gasteiger partial charge is 0.191 e. The third-order valence-electron chi connectivity index (χ3n) is 4.46. The molecule has 0 saturated carbocycles. The van der Waals surface area contributed by atoms with Gasteiger partial charge in [0.05, 0.1) is 27.0 Å². The first-order chi connectivity index (χ1) is 14.3. The normalized spacial score (nSPS) is 10.8. The van der Waals surface area contributed by atoms with E-state index in [1.165, 1.54) is 0 Å². The van der Waals surface area contributed by atoms with Crippen molar-refractivity contribution in [2.75, 3.05) is 20.8 Å². The van der Waals surface area contributed by atoms with Crippen molar-refractivity contribution in [2.45, 2.75) is 19.5 Å². The predicted octanol–water partition coefficient (Wildman–Crippen LogP) is 4.39.